The number of ketones is 1. The number of carbonyl (C=O) groups is 1. The zero-order chi connectivity index (χ0) is 18.5. The molecule has 0 bridgehead atoms. The first-order chi connectivity index (χ1) is 12.5. The van der Waals surface area contributed by atoms with E-state index in [1.165, 1.54) is 18.2 Å². The van der Waals surface area contributed by atoms with Crippen molar-refractivity contribution >= 4 is 5.78 Å². The lowest BCUT2D eigenvalue weighted by molar-refractivity contribution is 0.103. The van der Waals surface area contributed by atoms with Crippen molar-refractivity contribution in [2.45, 2.75) is 6.54 Å². The summed E-state index contributed by atoms with van der Waals surface area (Å²) in [6.45, 7) is 3.25. The molecule has 0 unspecified atom stereocenters. The van der Waals surface area contributed by atoms with Crippen LogP contribution >= 0.6 is 0 Å². The van der Waals surface area contributed by atoms with E-state index in [2.05, 4.69) is 4.90 Å². The zero-order valence-corrected chi connectivity index (χ0v) is 14.2. The first-order valence-electron chi connectivity index (χ1n) is 8.41. The highest BCUT2D eigenvalue weighted by molar-refractivity contribution is 6.04. The molecule has 136 valence electrons. The third-order valence-corrected chi connectivity index (χ3v) is 4.40. The van der Waals surface area contributed by atoms with Crippen molar-refractivity contribution in [3.05, 3.63) is 83.3 Å². The fourth-order valence-corrected chi connectivity index (χ4v) is 2.93. The Labute approximate surface area is 150 Å². The molecule has 2 aromatic rings. The summed E-state index contributed by atoms with van der Waals surface area (Å²) >= 11 is 0. The number of benzene rings is 2. The Bertz CT molecular complexity index is 794. The molecule has 1 saturated heterocycles. The maximum absolute atomic E-state index is 13.7. The molecule has 6 heteroatoms. The van der Waals surface area contributed by atoms with Gasteiger partial charge in [-0.05, 0) is 18.2 Å². The molecule has 0 saturated carbocycles. The van der Waals surface area contributed by atoms with Crippen LogP contribution in [0.3, 0.4) is 0 Å². The predicted octanol–water partition coefficient (Wildman–Crippen LogP) is 3.62. The molecular formula is C20H19F3N2O. The van der Waals surface area contributed by atoms with E-state index in [1.807, 2.05) is 11.0 Å². The van der Waals surface area contributed by atoms with E-state index in [0.29, 0.717) is 38.3 Å². The summed E-state index contributed by atoms with van der Waals surface area (Å²) in [4.78, 5) is 16.1. The zero-order valence-electron chi connectivity index (χ0n) is 14.2. The first-order valence-corrected chi connectivity index (χ1v) is 8.41. The van der Waals surface area contributed by atoms with Gasteiger partial charge in [0.1, 0.15) is 17.5 Å². The predicted molar refractivity (Wildman–Crippen MR) is 93.1 cm³/mol. The van der Waals surface area contributed by atoms with Gasteiger partial charge in [-0.1, -0.05) is 24.3 Å². The molecule has 3 nitrogen and oxygen atoms in total. The monoisotopic (exact) mass is 360 g/mol. The summed E-state index contributed by atoms with van der Waals surface area (Å²) in [5.41, 5.74) is 0.114. The van der Waals surface area contributed by atoms with Gasteiger partial charge in [0.25, 0.3) is 0 Å². The minimum Gasteiger partial charge on any atom is -0.375 e. The second-order valence-corrected chi connectivity index (χ2v) is 6.18. The van der Waals surface area contributed by atoms with Gasteiger partial charge in [0.05, 0.1) is 5.56 Å². The van der Waals surface area contributed by atoms with Gasteiger partial charge in [-0.3, -0.25) is 9.69 Å². The van der Waals surface area contributed by atoms with E-state index in [0.717, 1.165) is 12.1 Å². The van der Waals surface area contributed by atoms with Crippen LogP contribution in [0.4, 0.5) is 13.2 Å². The third kappa shape index (κ3) is 4.32. The van der Waals surface area contributed by atoms with Crippen molar-refractivity contribution in [2.75, 3.05) is 26.2 Å². The van der Waals surface area contributed by atoms with E-state index < -0.39 is 23.0 Å². The average molecular weight is 360 g/mol. The van der Waals surface area contributed by atoms with Crippen LogP contribution < -0.4 is 0 Å². The Morgan fingerprint density at radius 2 is 1.50 bits per heavy atom. The Morgan fingerprint density at radius 3 is 2.15 bits per heavy atom. The Kier molecular flexibility index (Phi) is 5.73. The molecule has 26 heavy (non-hydrogen) atoms. The van der Waals surface area contributed by atoms with Gasteiger partial charge in [0, 0.05) is 50.6 Å². The first kappa shape index (κ1) is 18.2. The molecule has 0 aliphatic carbocycles. The lowest BCUT2D eigenvalue weighted by Gasteiger charge is -2.34. The number of rotatable bonds is 5. The van der Waals surface area contributed by atoms with Crippen LogP contribution in [0.25, 0.3) is 0 Å². The van der Waals surface area contributed by atoms with Crippen LogP contribution in [0, 0.1) is 17.5 Å². The van der Waals surface area contributed by atoms with Crippen LogP contribution in [0.1, 0.15) is 15.9 Å². The highest BCUT2D eigenvalue weighted by Crippen LogP contribution is 2.15. The fourth-order valence-electron chi connectivity index (χ4n) is 2.93. The summed E-state index contributed by atoms with van der Waals surface area (Å²) in [6.07, 6.45) is 2.75. The highest BCUT2D eigenvalue weighted by Gasteiger charge is 2.18. The number of carbonyl (C=O) groups excluding carboxylic acids is 1. The molecule has 0 aromatic heterocycles. The number of hydrogen-bond acceptors (Lipinski definition) is 3. The van der Waals surface area contributed by atoms with Gasteiger partial charge in [-0.15, -0.1) is 0 Å². The summed E-state index contributed by atoms with van der Waals surface area (Å²) < 4.78 is 40.9. The molecule has 1 heterocycles. The summed E-state index contributed by atoms with van der Waals surface area (Å²) in [6, 6.07) is 10.0. The van der Waals surface area contributed by atoms with Crippen molar-refractivity contribution in [3.63, 3.8) is 0 Å². The smallest absolute Gasteiger partial charge is 0.193 e. The van der Waals surface area contributed by atoms with Gasteiger partial charge in [0.2, 0.25) is 0 Å². The van der Waals surface area contributed by atoms with Crippen LogP contribution in [0.15, 0.2) is 54.7 Å². The summed E-state index contributed by atoms with van der Waals surface area (Å²) in [7, 11) is 0. The maximum atomic E-state index is 13.7. The van der Waals surface area contributed by atoms with E-state index >= 15 is 0 Å². The van der Waals surface area contributed by atoms with Gasteiger partial charge in [-0.2, -0.15) is 0 Å². The lowest BCUT2D eigenvalue weighted by atomic mass is 10.1. The lowest BCUT2D eigenvalue weighted by Crippen LogP contribution is -2.43. The van der Waals surface area contributed by atoms with Gasteiger partial charge >= 0.3 is 0 Å². The van der Waals surface area contributed by atoms with Crippen LogP contribution in [0.5, 0.6) is 0 Å². The fraction of sp³-hybridized carbons (Fsp3) is 0.250. The molecular weight excluding hydrogens is 341 g/mol. The number of hydrogen-bond donors (Lipinski definition) is 0. The largest absolute Gasteiger partial charge is 0.375 e. The van der Waals surface area contributed by atoms with Gasteiger partial charge in [0.15, 0.2) is 5.78 Å². The highest BCUT2D eigenvalue weighted by atomic mass is 19.1. The minimum atomic E-state index is -0.866. The summed E-state index contributed by atoms with van der Waals surface area (Å²) in [5, 5.41) is 0. The van der Waals surface area contributed by atoms with Crippen molar-refractivity contribution in [1.82, 2.24) is 9.80 Å². The Hall–Kier alpha value is -2.60. The van der Waals surface area contributed by atoms with E-state index in [1.54, 1.807) is 18.3 Å². The normalized spacial score (nSPS) is 15.6. The quantitative estimate of drug-likeness (QED) is 0.601. The molecule has 0 atom stereocenters. The Balaban J connectivity index is 1.55. The van der Waals surface area contributed by atoms with Crippen LogP contribution in [-0.4, -0.2) is 41.8 Å². The molecule has 1 aliphatic rings. The topological polar surface area (TPSA) is 23.6 Å². The average Bonchev–Trinajstić information content (AvgIpc) is 2.63. The third-order valence-electron chi connectivity index (χ3n) is 4.40. The van der Waals surface area contributed by atoms with E-state index in [-0.39, 0.29) is 5.82 Å². The molecule has 0 amide bonds. The molecule has 3 rings (SSSR count). The second-order valence-electron chi connectivity index (χ2n) is 6.18. The molecule has 1 fully saturated rings. The standard InChI is InChI=1S/C20H19F3N2O/c21-16-5-2-1-4-15(16)14-25-12-10-24(11-13-25)9-8-19(26)20-17(22)6-3-7-18(20)23/h1-9H,10-14H2/b9-8+. The number of allylic oxidation sites excluding steroid dienone is 1. The number of halogens is 3. The van der Waals surface area contributed by atoms with E-state index in [9.17, 15) is 18.0 Å². The molecule has 0 N–H and O–H groups in total. The van der Waals surface area contributed by atoms with Crippen molar-refractivity contribution in [3.8, 4) is 0 Å². The van der Waals surface area contributed by atoms with E-state index in [4.69, 9.17) is 0 Å². The van der Waals surface area contributed by atoms with Crippen molar-refractivity contribution < 1.29 is 18.0 Å². The number of nitrogens with zero attached hydrogens (tertiary/aromatic N) is 2. The van der Waals surface area contributed by atoms with Gasteiger partial charge < -0.3 is 4.90 Å². The van der Waals surface area contributed by atoms with Gasteiger partial charge in [-0.25, -0.2) is 13.2 Å². The molecule has 2 aromatic carbocycles. The van der Waals surface area contributed by atoms with Crippen LogP contribution in [-0.2, 0) is 6.54 Å². The minimum absolute atomic E-state index is 0.215. The maximum Gasteiger partial charge on any atom is 0.193 e. The van der Waals surface area contributed by atoms with Crippen molar-refractivity contribution in [1.29, 1.82) is 0 Å². The molecule has 0 spiro atoms. The Morgan fingerprint density at radius 1 is 0.885 bits per heavy atom. The van der Waals surface area contributed by atoms with Crippen molar-refractivity contribution in [2.24, 2.45) is 0 Å². The summed E-state index contributed by atoms with van der Waals surface area (Å²) in [5.74, 6) is -2.65. The molecule has 1 aliphatic heterocycles. The second kappa shape index (κ2) is 8.19. The molecule has 0 radical (unpaired) electrons. The number of piperazine rings is 1. The SMILES string of the molecule is O=C(/C=C/N1CCN(Cc2ccccc2F)CC1)c1c(F)cccc1F. The van der Waals surface area contributed by atoms with Crippen LogP contribution in [0.2, 0.25) is 0 Å².